The Morgan fingerprint density at radius 2 is 1.32 bits per heavy atom. The molecule has 14 heteroatoms. The zero-order chi connectivity index (χ0) is 24.1. The highest BCUT2D eigenvalue weighted by Gasteiger charge is 2.86. The average molecular weight is 477 g/mol. The number of aliphatic hydroxyl groups is 1. The van der Waals surface area contributed by atoms with E-state index in [-0.39, 0.29) is 13.1 Å². The van der Waals surface area contributed by atoms with Crippen LogP contribution in [0.1, 0.15) is 5.56 Å². The minimum absolute atomic E-state index is 0.205. The lowest BCUT2D eigenvalue weighted by Crippen LogP contribution is -2.68. The van der Waals surface area contributed by atoms with Gasteiger partial charge in [0.25, 0.3) is 0 Å². The van der Waals surface area contributed by atoms with E-state index in [4.69, 9.17) is 0 Å². The molecule has 0 amide bonds. The zero-order valence-corrected chi connectivity index (χ0v) is 15.5. The maximum Gasteiger partial charge on any atom is 0.384 e. The Hall–Kier alpha value is -1.67. The van der Waals surface area contributed by atoms with Gasteiger partial charge in [-0.1, -0.05) is 30.3 Å². The molecular formula is C17H18F11NO2. The van der Waals surface area contributed by atoms with E-state index in [2.05, 4.69) is 10.1 Å². The number of halogens is 11. The molecule has 1 aromatic carbocycles. The number of hydrogen-bond acceptors (Lipinski definition) is 3. The van der Waals surface area contributed by atoms with E-state index in [1.165, 1.54) is 0 Å². The summed E-state index contributed by atoms with van der Waals surface area (Å²) in [6.07, 6.45) is -1.59. The molecule has 0 spiro atoms. The lowest BCUT2D eigenvalue weighted by atomic mass is 9.95. The molecule has 1 atom stereocenters. The average Bonchev–Trinajstić information content (AvgIpc) is 2.68. The number of rotatable bonds is 13. The van der Waals surface area contributed by atoms with Gasteiger partial charge in [-0.2, -0.15) is 43.9 Å². The molecule has 0 heterocycles. The Morgan fingerprint density at radius 1 is 0.806 bits per heavy atom. The number of alkyl halides is 11. The van der Waals surface area contributed by atoms with E-state index >= 15 is 0 Å². The van der Waals surface area contributed by atoms with Crippen molar-refractivity contribution in [1.82, 2.24) is 5.32 Å². The van der Waals surface area contributed by atoms with Gasteiger partial charge in [0.15, 0.2) is 6.67 Å². The zero-order valence-electron chi connectivity index (χ0n) is 15.5. The summed E-state index contributed by atoms with van der Waals surface area (Å²) in [5.41, 5.74) is 0.759. The van der Waals surface area contributed by atoms with Crippen LogP contribution in [-0.4, -0.2) is 67.3 Å². The van der Waals surface area contributed by atoms with Crippen molar-refractivity contribution >= 4 is 0 Å². The third kappa shape index (κ3) is 5.77. The van der Waals surface area contributed by atoms with Gasteiger partial charge in [-0.05, 0) is 5.56 Å². The number of nitrogens with one attached hydrogen (secondary N) is 1. The van der Waals surface area contributed by atoms with Crippen LogP contribution >= 0.6 is 0 Å². The molecule has 1 rings (SSSR count). The molecule has 1 aromatic rings. The monoisotopic (exact) mass is 477 g/mol. The topological polar surface area (TPSA) is 41.5 Å². The predicted octanol–water partition coefficient (Wildman–Crippen LogP) is 4.30. The molecule has 0 bridgehead atoms. The first-order chi connectivity index (χ1) is 14.0. The summed E-state index contributed by atoms with van der Waals surface area (Å²) in [7, 11) is 0. The summed E-state index contributed by atoms with van der Waals surface area (Å²) in [5, 5.41) is 12.2. The Morgan fingerprint density at radius 3 is 1.84 bits per heavy atom. The first-order valence-electron chi connectivity index (χ1n) is 8.49. The molecule has 0 aliphatic carbocycles. The fourth-order valence-electron chi connectivity index (χ4n) is 2.19. The first kappa shape index (κ1) is 27.4. The van der Waals surface area contributed by atoms with Crippen molar-refractivity contribution in [2.45, 2.75) is 42.3 Å². The van der Waals surface area contributed by atoms with Crippen molar-refractivity contribution in [3.8, 4) is 0 Å². The van der Waals surface area contributed by atoms with Crippen LogP contribution in [-0.2, 0) is 11.3 Å². The van der Waals surface area contributed by atoms with E-state index in [0.717, 1.165) is 5.56 Å². The standard InChI is InChI=1S/C17H18F11NO2/c18-9-13(19,20)15(23,24)17(27,28)16(25,26)14(21,22)10-31-8-12(30)7-29-6-11-4-2-1-3-5-11/h1-5,12,29-30H,6-10H2/t12-/m0/s1. The summed E-state index contributed by atoms with van der Waals surface area (Å²) in [6, 6.07) is 8.51. The lowest BCUT2D eigenvalue weighted by molar-refractivity contribution is -0.405. The van der Waals surface area contributed by atoms with Gasteiger partial charge in [-0.25, -0.2) is 4.39 Å². The molecule has 0 saturated heterocycles. The fraction of sp³-hybridized carbons (Fsp3) is 0.647. The molecule has 31 heavy (non-hydrogen) atoms. The SMILES string of the molecule is O[C@@H](CNCc1ccccc1)COCC(F)(F)C(F)(F)C(F)(F)C(F)(F)C(F)(F)CF. The first-order valence-corrected chi connectivity index (χ1v) is 8.49. The van der Waals surface area contributed by atoms with Gasteiger partial charge >= 0.3 is 29.6 Å². The van der Waals surface area contributed by atoms with Crippen LogP contribution in [0.4, 0.5) is 48.3 Å². The van der Waals surface area contributed by atoms with E-state index in [1.54, 1.807) is 30.3 Å². The van der Waals surface area contributed by atoms with Crippen LogP contribution in [0.15, 0.2) is 30.3 Å². The highest BCUT2D eigenvalue weighted by Crippen LogP contribution is 2.57. The Bertz CT molecular complexity index is 686. The second-order valence-corrected chi connectivity index (χ2v) is 6.55. The second kappa shape index (κ2) is 9.86. The lowest BCUT2D eigenvalue weighted by Gasteiger charge is -2.38. The van der Waals surface area contributed by atoms with Crippen molar-refractivity contribution in [2.24, 2.45) is 0 Å². The molecule has 0 aliphatic heterocycles. The summed E-state index contributed by atoms with van der Waals surface area (Å²) in [6.45, 7) is -7.31. The van der Waals surface area contributed by atoms with Crippen molar-refractivity contribution < 1.29 is 58.1 Å². The molecule has 0 unspecified atom stereocenters. The van der Waals surface area contributed by atoms with E-state index in [9.17, 15) is 53.4 Å². The summed E-state index contributed by atoms with van der Waals surface area (Å²) in [4.78, 5) is 0. The summed E-state index contributed by atoms with van der Waals surface area (Å²) in [5.74, 6) is -33.9. The van der Waals surface area contributed by atoms with Gasteiger partial charge in [0.1, 0.15) is 6.61 Å². The van der Waals surface area contributed by atoms with Gasteiger partial charge in [-0.3, -0.25) is 0 Å². The normalized spacial score (nSPS) is 15.2. The van der Waals surface area contributed by atoms with Crippen molar-refractivity contribution in [3.63, 3.8) is 0 Å². The number of hydrogen-bond donors (Lipinski definition) is 2. The Kier molecular flexibility index (Phi) is 8.70. The molecule has 180 valence electrons. The van der Waals surface area contributed by atoms with E-state index in [0.29, 0.717) is 0 Å². The number of ether oxygens (including phenoxy) is 1. The number of aliphatic hydroxyl groups excluding tert-OH is 1. The third-order valence-electron chi connectivity index (χ3n) is 4.02. The Labute approximate surface area is 169 Å². The van der Waals surface area contributed by atoms with E-state index < -0.39 is 55.6 Å². The van der Waals surface area contributed by atoms with Crippen LogP contribution in [0.25, 0.3) is 0 Å². The molecule has 0 aromatic heterocycles. The van der Waals surface area contributed by atoms with Crippen LogP contribution < -0.4 is 5.32 Å². The number of benzene rings is 1. The van der Waals surface area contributed by atoms with Crippen LogP contribution in [0.2, 0.25) is 0 Å². The van der Waals surface area contributed by atoms with Crippen LogP contribution in [0.5, 0.6) is 0 Å². The smallest absolute Gasteiger partial charge is 0.384 e. The second-order valence-electron chi connectivity index (χ2n) is 6.55. The molecule has 0 radical (unpaired) electrons. The van der Waals surface area contributed by atoms with Crippen molar-refractivity contribution in [2.75, 3.05) is 26.4 Å². The largest absolute Gasteiger partial charge is 0.389 e. The highest BCUT2D eigenvalue weighted by atomic mass is 19.4. The third-order valence-corrected chi connectivity index (χ3v) is 4.02. The van der Waals surface area contributed by atoms with Gasteiger partial charge in [0.2, 0.25) is 0 Å². The molecule has 3 nitrogen and oxygen atoms in total. The van der Waals surface area contributed by atoms with Crippen LogP contribution in [0, 0.1) is 0 Å². The summed E-state index contributed by atoms with van der Waals surface area (Å²) >= 11 is 0. The van der Waals surface area contributed by atoms with Crippen LogP contribution in [0.3, 0.4) is 0 Å². The molecular weight excluding hydrogens is 459 g/mol. The summed E-state index contributed by atoms with van der Waals surface area (Å²) < 4.78 is 148. The maximum absolute atomic E-state index is 13.5. The molecule has 0 saturated carbocycles. The van der Waals surface area contributed by atoms with Crippen molar-refractivity contribution in [1.29, 1.82) is 0 Å². The highest BCUT2D eigenvalue weighted by molar-refractivity contribution is 5.14. The maximum atomic E-state index is 13.5. The van der Waals surface area contributed by atoms with E-state index in [1.807, 2.05) is 0 Å². The molecule has 0 aliphatic rings. The van der Waals surface area contributed by atoms with Crippen molar-refractivity contribution in [3.05, 3.63) is 35.9 Å². The predicted molar refractivity (Wildman–Crippen MR) is 85.7 cm³/mol. The Balaban J connectivity index is 2.68. The van der Waals surface area contributed by atoms with Gasteiger partial charge in [0.05, 0.1) is 12.7 Å². The van der Waals surface area contributed by atoms with Gasteiger partial charge in [0, 0.05) is 13.1 Å². The minimum Gasteiger partial charge on any atom is -0.389 e. The molecule has 0 fully saturated rings. The fourth-order valence-corrected chi connectivity index (χ4v) is 2.19. The molecule has 2 N–H and O–H groups in total. The quantitative estimate of drug-likeness (QED) is 0.417. The van der Waals surface area contributed by atoms with Gasteiger partial charge in [-0.15, -0.1) is 0 Å². The van der Waals surface area contributed by atoms with Gasteiger partial charge < -0.3 is 15.2 Å². The minimum atomic E-state index is -7.34.